The second kappa shape index (κ2) is 9.90. The minimum Gasteiger partial charge on any atom is -0.434 e. The fraction of sp³-hybridized carbons (Fsp3) is 0.533. The third-order valence-corrected chi connectivity index (χ3v) is 3.89. The first-order chi connectivity index (χ1) is 10.5. The van der Waals surface area contributed by atoms with E-state index in [1.54, 1.807) is 0 Å². The molecule has 2 N–H and O–H groups in total. The molecule has 1 aliphatic heterocycles. The summed E-state index contributed by atoms with van der Waals surface area (Å²) in [5.41, 5.74) is 0.434. The fourth-order valence-electron chi connectivity index (χ4n) is 2.48. The van der Waals surface area contributed by atoms with Crippen molar-refractivity contribution < 1.29 is 18.3 Å². The Hall–Kier alpha value is -1.11. The molecular weight excluding hydrogens is 349 g/mol. The van der Waals surface area contributed by atoms with Crippen LogP contribution in [0.25, 0.3) is 0 Å². The zero-order valence-corrected chi connectivity index (χ0v) is 14.1. The molecule has 0 radical (unpaired) electrons. The molecule has 1 unspecified atom stereocenters. The predicted molar refractivity (Wildman–Crippen MR) is 87.4 cm³/mol. The maximum absolute atomic E-state index is 12.3. The van der Waals surface area contributed by atoms with Crippen LogP contribution < -0.4 is 15.4 Å². The third kappa shape index (κ3) is 6.89. The summed E-state index contributed by atoms with van der Waals surface area (Å²) in [5, 5.41) is 6.38. The highest BCUT2D eigenvalue weighted by atomic mass is 35.5. The van der Waals surface area contributed by atoms with Crippen LogP contribution in [0.4, 0.5) is 8.78 Å². The number of hydrogen-bond donors (Lipinski definition) is 2. The number of alkyl halides is 2. The lowest BCUT2D eigenvalue weighted by Gasteiger charge is -2.13. The first-order valence-corrected chi connectivity index (χ1v) is 7.63. The van der Waals surface area contributed by atoms with E-state index >= 15 is 0 Å². The number of ether oxygens (including phenoxy) is 1. The van der Waals surface area contributed by atoms with Crippen LogP contribution in [0.15, 0.2) is 18.2 Å². The smallest absolute Gasteiger partial charge is 0.387 e. The third-order valence-electron chi connectivity index (χ3n) is 3.66. The van der Waals surface area contributed by atoms with Crippen molar-refractivity contribution in [2.75, 3.05) is 13.1 Å². The lowest BCUT2D eigenvalue weighted by atomic mass is 10.0. The minimum atomic E-state index is -2.91. The number of benzene rings is 1. The SMILES string of the molecule is Cl.O=C(CCC1CCNC1)NCc1cc(Cl)ccc1OC(F)F. The van der Waals surface area contributed by atoms with Gasteiger partial charge in [0.2, 0.25) is 5.91 Å². The summed E-state index contributed by atoms with van der Waals surface area (Å²) in [6, 6.07) is 4.36. The first kappa shape index (κ1) is 19.9. The van der Waals surface area contributed by atoms with Gasteiger partial charge in [-0.1, -0.05) is 11.6 Å². The summed E-state index contributed by atoms with van der Waals surface area (Å²) < 4.78 is 29.1. The zero-order chi connectivity index (χ0) is 15.9. The van der Waals surface area contributed by atoms with Gasteiger partial charge in [0.15, 0.2) is 0 Å². The van der Waals surface area contributed by atoms with Crippen LogP contribution in [0.5, 0.6) is 5.75 Å². The Balaban J connectivity index is 0.00000264. The topological polar surface area (TPSA) is 50.4 Å². The normalized spacial score (nSPS) is 17.0. The number of nitrogens with one attached hydrogen (secondary N) is 2. The van der Waals surface area contributed by atoms with Crippen molar-refractivity contribution in [1.29, 1.82) is 0 Å². The molecule has 0 spiro atoms. The highest BCUT2D eigenvalue weighted by Gasteiger charge is 2.16. The zero-order valence-electron chi connectivity index (χ0n) is 12.5. The minimum absolute atomic E-state index is 0. The maximum atomic E-state index is 12.3. The van der Waals surface area contributed by atoms with Crippen LogP contribution in [0, 0.1) is 5.92 Å². The van der Waals surface area contributed by atoms with Gasteiger partial charge in [0.25, 0.3) is 0 Å². The second-order valence-electron chi connectivity index (χ2n) is 5.30. The molecule has 4 nitrogen and oxygen atoms in total. The Morgan fingerprint density at radius 3 is 2.91 bits per heavy atom. The molecule has 8 heteroatoms. The van der Waals surface area contributed by atoms with Crippen LogP contribution in [0.1, 0.15) is 24.8 Å². The van der Waals surface area contributed by atoms with Crippen LogP contribution >= 0.6 is 24.0 Å². The van der Waals surface area contributed by atoms with Crippen molar-refractivity contribution in [3.05, 3.63) is 28.8 Å². The van der Waals surface area contributed by atoms with Crippen molar-refractivity contribution in [2.24, 2.45) is 5.92 Å². The average molecular weight is 369 g/mol. The number of halogens is 4. The summed E-state index contributed by atoms with van der Waals surface area (Å²) in [7, 11) is 0. The molecule has 130 valence electrons. The van der Waals surface area contributed by atoms with E-state index in [1.165, 1.54) is 18.2 Å². The highest BCUT2D eigenvalue weighted by Crippen LogP contribution is 2.24. The van der Waals surface area contributed by atoms with Crippen LogP contribution in [-0.4, -0.2) is 25.6 Å². The van der Waals surface area contributed by atoms with E-state index in [-0.39, 0.29) is 30.6 Å². The molecule has 0 aliphatic carbocycles. The molecule has 23 heavy (non-hydrogen) atoms. The van der Waals surface area contributed by atoms with Gasteiger partial charge in [0.05, 0.1) is 0 Å². The molecule has 0 bridgehead atoms. The van der Waals surface area contributed by atoms with Crippen LogP contribution in [-0.2, 0) is 11.3 Å². The molecule has 1 atom stereocenters. The van der Waals surface area contributed by atoms with Gasteiger partial charge in [-0.15, -0.1) is 12.4 Å². The van der Waals surface area contributed by atoms with Gasteiger partial charge in [-0.3, -0.25) is 4.79 Å². The Kier molecular flexibility index (Phi) is 8.58. The molecular formula is C15H20Cl2F2N2O2. The Labute approximate surface area is 145 Å². The van der Waals surface area contributed by atoms with E-state index in [1.807, 2.05) is 0 Å². The molecule has 1 aromatic carbocycles. The van der Waals surface area contributed by atoms with Gasteiger partial charge in [0.1, 0.15) is 5.75 Å². The lowest BCUT2D eigenvalue weighted by molar-refractivity contribution is -0.121. The van der Waals surface area contributed by atoms with Gasteiger partial charge in [-0.2, -0.15) is 8.78 Å². The molecule has 1 aromatic rings. The van der Waals surface area contributed by atoms with Gasteiger partial charge in [-0.05, 0) is 50.0 Å². The Bertz CT molecular complexity index is 512. The van der Waals surface area contributed by atoms with Gasteiger partial charge in [0, 0.05) is 23.6 Å². The molecule has 1 saturated heterocycles. The van der Waals surface area contributed by atoms with Gasteiger partial charge >= 0.3 is 6.61 Å². The summed E-state index contributed by atoms with van der Waals surface area (Å²) in [4.78, 5) is 11.8. The average Bonchev–Trinajstić information content (AvgIpc) is 2.98. The number of rotatable bonds is 7. The molecule has 0 aromatic heterocycles. The molecule has 1 heterocycles. The summed E-state index contributed by atoms with van der Waals surface area (Å²) in [5.74, 6) is 0.462. The highest BCUT2D eigenvalue weighted by molar-refractivity contribution is 6.30. The molecule has 0 saturated carbocycles. The quantitative estimate of drug-likeness (QED) is 0.775. The van der Waals surface area contributed by atoms with Crippen molar-refractivity contribution in [3.8, 4) is 5.75 Å². The second-order valence-corrected chi connectivity index (χ2v) is 5.74. The predicted octanol–water partition coefficient (Wildman–Crippen LogP) is 3.37. The number of carbonyl (C=O) groups is 1. The summed E-state index contributed by atoms with van der Waals surface area (Å²) in [6.07, 6.45) is 2.35. The van der Waals surface area contributed by atoms with Crippen molar-refractivity contribution in [2.45, 2.75) is 32.4 Å². The fourth-order valence-corrected chi connectivity index (χ4v) is 2.67. The number of hydrogen-bond acceptors (Lipinski definition) is 3. The molecule has 1 fully saturated rings. The maximum Gasteiger partial charge on any atom is 0.387 e. The van der Waals surface area contributed by atoms with E-state index in [2.05, 4.69) is 15.4 Å². The van der Waals surface area contributed by atoms with E-state index < -0.39 is 6.61 Å². The van der Waals surface area contributed by atoms with E-state index in [0.29, 0.717) is 22.9 Å². The lowest BCUT2D eigenvalue weighted by Crippen LogP contribution is -2.24. The van der Waals surface area contributed by atoms with E-state index in [9.17, 15) is 13.6 Å². The molecule has 1 amide bonds. The van der Waals surface area contributed by atoms with E-state index in [4.69, 9.17) is 11.6 Å². The van der Waals surface area contributed by atoms with Crippen molar-refractivity contribution >= 4 is 29.9 Å². The first-order valence-electron chi connectivity index (χ1n) is 7.25. The van der Waals surface area contributed by atoms with E-state index in [0.717, 1.165) is 25.9 Å². The Morgan fingerprint density at radius 1 is 1.48 bits per heavy atom. The van der Waals surface area contributed by atoms with Crippen molar-refractivity contribution in [1.82, 2.24) is 10.6 Å². The summed E-state index contributed by atoms with van der Waals surface area (Å²) >= 11 is 5.85. The van der Waals surface area contributed by atoms with Crippen LogP contribution in [0.2, 0.25) is 5.02 Å². The van der Waals surface area contributed by atoms with Gasteiger partial charge < -0.3 is 15.4 Å². The monoisotopic (exact) mass is 368 g/mol. The summed E-state index contributed by atoms with van der Waals surface area (Å²) in [6.45, 7) is -0.841. The number of amides is 1. The Morgan fingerprint density at radius 2 is 2.26 bits per heavy atom. The molecule has 1 aliphatic rings. The number of carbonyl (C=O) groups excluding carboxylic acids is 1. The van der Waals surface area contributed by atoms with Crippen molar-refractivity contribution in [3.63, 3.8) is 0 Å². The largest absolute Gasteiger partial charge is 0.434 e. The standard InChI is InChI=1S/C15H19ClF2N2O2.ClH/c16-12-2-3-13(22-15(17)18)11(7-12)9-20-14(21)4-1-10-5-6-19-8-10;/h2-3,7,10,15,19H,1,4-6,8-9H2,(H,20,21);1H. The molecule has 2 rings (SSSR count). The van der Waals surface area contributed by atoms with Crippen LogP contribution in [0.3, 0.4) is 0 Å². The van der Waals surface area contributed by atoms with Gasteiger partial charge in [-0.25, -0.2) is 0 Å².